The van der Waals surface area contributed by atoms with Crippen molar-refractivity contribution in [2.75, 3.05) is 32.7 Å². The fourth-order valence-electron chi connectivity index (χ4n) is 1.43. The molecular weight excluding hydrogens is 409 g/mol. The number of rotatable bonds is 7. The summed E-state index contributed by atoms with van der Waals surface area (Å²) in [5, 5.41) is 6.07. The van der Waals surface area contributed by atoms with E-state index < -0.39 is 9.84 Å². The Hall–Kier alpha value is -0.580. The van der Waals surface area contributed by atoms with Gasteiger partial charge in [-0.15, -0.1) is 24.0 Å². The van der Waals surface area contributed by atoms with Gasteiger partial charge in [0.25, 0.3) is 0 Å². The Morgan fingerprint density at radius 1 is 1.33 bits per heavy atom. The van der Waals surface area contributed by atoms with Crippen LogP contribution in [-0.2, 0) is 19.4 Å². The first-order valence-electron chi connectivity index (χ1n) is 6.42. The van der Waals surface area contributed by atoms with Crippen molar-refractivity contribution in [2.45, 2.75) is 26.3 Å². The lowest BCUT2D eigenvalue weighted by atomic mass is 10.2. The third kappa shape index (κ3) is 11.7. The molecule has 2 N–H and O–H groups in total. The van der Waals surface area contributed by atoms with Gasteiger partial charge in [-0.2, -0.15) is 0 Å². The summed E-state index contributed by atoms with van der Waals surface area (Å²) in [6.07, 6.45) is 1.71. The summed E-state index contributed by atoms with van der Waals surface area (Å²) >= 11 is 0. The SMILES string of the molecule is CN=C(NCC(C)C(=O)OC)NC(C)CCS(C)(=O)=O.I. The zero-order valence-electron chi connectivity index (χ0n) is 13.2. The maximum Gasteiger partial charge on any atom is 0.310 e. The Labute approximate surface area is 144 Å². The molecule has 0 bridgehead atoms. The van der Waals surface area contributed by atoms with Crippen molar-refractivity contribution in [1.29, 1.82) is 0 Å². The molecule has 0 rings (SSSR count). The standard InChI is InChI=1S/C12H25N3O4S.HI/c1-9(11(16)19-4)8-14-12(13-3)15-10(2)6-7-20(5,17)18;/h9-10H,6-8H2,1-5H3,(H2,13,14,15);1H. The van der Waals surface area contributed by atoms with E-state index in [2.05, 4.69) is 20.4 Å². The number of sulfone groups is 1. The maximum atomic E-state index is 11.3. The second-order valence-corrected chi connectivity index (χ2v) is 7.10. The summed E-state index contributed by atoms with van der Waals surface area (Å²) < 4.78 is 26.8. The van der Waals surface area contributed by atoms with Crippen molar-refractivity contribution in [3.05, 3.63) is 0 Å². The molecular formula is C12H26IN3O4S. The van der Waals surface area contributed by atoms with Crippen LogP contribution in [0.5, 0.6) is 0 Å². The number of nitrogens with zero attached hydrogens (tertiary/aromatic N) is 1. The van der Waals surface area contributed by atoms with Crippen LogP contribution in [0.1, 0.15) is 20.3 Å². The number of esters is 1. The number of guanidine groups is 1. The van der Waals surface area contributed by atoms with E-state index in [4.69, 9.17) is 0 Å². The first-order chi connectivity index (χ1) is 9.19. The maximum absolute atomic E-state index is 11.3. The lowest BCUT2D eigenvalue weighted by Gasteiger charge is -2.19. The normalized spacial score (nSPS) is 14.6. The van der Waals surface area contributed by atoms with Gasteiger partial charge in [-0.3, -0.25) is 9.79 Å². The highest BCUT2D eigenvalue weighted by Crippen LogP contribution is 1.97. The second kappa shape index (κ2) is 11.0. The van der Waals surface area contributed by atoms with Crippen LogP contribution in [0.4, 0.5) is 0 Å². The topological polar surface area (TPSA) is 96.9 Å². The van der Waals surface area contributed by atoms with Crippen LogP contribution in [-0.4, -0.2) is 59.1 Å². The van der Waals surface area contributed by atoms with Crippen molar-refractivity contribution >= 4 is 45.7 Å². The first kappa shape index (κ1) is 22.7. The lowest BCUT2D eigenvalue weighted by Crippen LogP contribution is -2.44. The van der Waals surface area contributed by atoms with Crippen molar-refractivity contribution in [3.8, 4) is 0 Å². The molecule has 2 atom stereocenters. The molecule has 0 heterocycles. The van der Waals surface area contributed by atoms with E-state index in [9.17, 15) is 13.2 Å². The average molecular weight is 435 g/mol. The van der Waals surface area contributed by atoms with Crippen LogP contribution in [0.15, 0.2) is 4.99 Å². The summed E-state index contributed by atoms with van der Waals surface area (Å²) in [7, 11) is -0.00460. The molecule has 0 spiro atoms. The summed E-state index contributed by atoms with van der Waals surface area (Å²) in [4.78, 5) is 15.3. The number of hydrogen-bond acceptors (Lipinski definition) is 5. The molecule has 0 aromatic heterocycles. The van der Waals surface area contributed by atoms with Crippen LogP contribution in [0.25, 0.3) is 0 Å². The predicted octanol–water partition coefficient (Wildman–Crippen LogP) is 0.402. The molecule has 2 unspecified atom stereocenters. The van der Waals surface area contributed by atoms with Crippen LogP contribution in [0.2, 0.25) is 0 Å². The number of hydrogen-bond donors (Lipinski definition) is 2. The van der Waals surface area contributed by atoms with Gasteiger partial charge < -0.3 is 15.4 Å². The Kier molecular flexibility index (Phi) is 11.9. The van der Waals surface area contributed by atoms with Crippen LogP contribution >= 0.6 is 24.0 Å². The van der Waals surface area contributed by atoms with E-state index in [0.717, 1.165) is 0 Å². The second-order valence-electron chi connectivity index (χ2n) is 4.84. The molecule has 21 heavy (non-hydrogen) atoms. The van der Waals surface area contributed by atoms with Gasteiger partial charge in [-0.1, -0.05) is 6.92 Å². The fraction of sp³-hybridized carbons (Fsp3) is 0.833. The van der Waals surface area contributed by atoms with Gasteiger partial charge in [0.05, 0.1) is 18.8 Å². The Morgan fingerprint density at radius 2 is 1.90 bits per heavy atom. The van der Waals surface area contributed by atoms with Crippen molar-refractivity contribution in [2.24, 2.45) is 10.9 Å². The number of halogens is 1. The van der Waals surface area contributed by atoms with Gasteiger partial charge in [0.1, 0.15) is 9.84 Å². The molecule has 126 valence electrons. The summed E-state index contributed by atoms with van der Waals surface area (Å²) in [5.41, 5.74) is 0. The van der Waals surface area contributed by atoms with Gasteiger partial charge in [-0.25, -0.2) is 8.42 Å². The van der Waals surface area contributed by atoms with Crippen LogP contribution in [0, 0.1) is 5.92 Å². The van der Waals surface area contributed by atoms with E-state index in [1.54, 1.807) is 14.0 Å². The molecule has 0 aliphatic rings. The molecule has 0 aromatic rings. The van der Waals surface area contributed by atoms with Crippen LogP contribution in [0.3, 0.4) is 0 Å². The quantitative estimate of drug-likeness (QED) is 0.260. The van der Waals surface area contributed by atoms with Crippen LogP contribution < -0.4 is 10.6 Å². The molecule has 0 aliphatic carbocycles. The third-order valence-electron chi connectivity index (χ3n) is 2.71. The van der Waals surface area contributed by atoms with Gasteiger partial charge in [-0.05, 0) is 13.3 Å². The smallest absolute Gasteiger partial charge is 0.310 e. The predicted molar refractivity (Wildman–Crippen MR) is 94.9 cm³/mol. The molecule has 9 heteroatoms. The number of carbonyl (C=O) groups is 1. The largest absolute Gasteiger partial charge is 0.469 e. The van der Waals surface area contributed by atoms with Gasteiger partial charge >= 0.3 is 5.97 Å². The minimum Gasteiger partial charge on any atom is -0.469 e. The summed E-state index contributed by atoms with van der Waals surface area (Å²) in [6.45, 7) is 4.02. The number of ether oxygens (including phenoxy) is 1. The Morgan fingerprint density at radius 3 is 2.33 bits per heavy atom. The third-order valence-corrected chi connectivity index (χ3v) is 3.68. The molecule has 0 aliphatic heterocycles. The zero-order chi connectivity index (χ0) is 15.8. The van der Waals surface area contributed by atoms with E-state index in [-0.39, 0.29) is 47.7 Å². The molecule has 0 radical (unpaired) electrons. The van der Waals surface area contributed by atoms with Gasteiger partial charge in [0.15, 0.2) is 5.96 Å². The monoisotopic (exact) mass is 435 g/mol. The fourth-order valence-corrected chi connectivity index (χ4v) is 2.21. The van der Waals surface area contributed by atoms with E-state index in [0.29, 0.717) is 18.9 Å². The Bertz CT molecular complexity index is 440. The number of aliphatic imine (C=N–C) groups is 1. The molecule has 0 amide bonds. The highest BCUT2D eigenvalue weighted by molar-refractivity contribution is 14.0. The lowest BCUT2D eigenvalue weighted by molar-refractivity contribution is -0.144. The van der Waals surface area contributed by atoms with Crippen molar-refractivity contribution in [3.63, 3.8) is 0 Å². The average Bonchev–Trinajstić information content (AvgIpc) is 2.38. The van der Waals surface area contributed by atoms with E-state index >= 15 is 0 Å². The number of methoxy groups -OCH3 is 1. The molecule has 0 aromatic carbocycles. The van der Waals surface area contributed by atoms with Crippen molar-refractivity contribution in [1.82, 2.24) is 10.6 Å². The minimum atomic E-state index is -2.96. The van der Waals surface area contributed by atoms with E-state index in [1.165, 1.54) is 13.4 Å². The number of carbonyl (C=O) groups excluding carboxylic acids is 1. The van der Waals surface area contributed by atoms with Crippen molar-refractivity contribution < 1.29 is 17.9 Å². The Balaban J connectivity index is 0. The molecule has 0 fully saturated rings. The van der Waals surface area contributed by atoms with Gasteiger partial charge in [0.2, 0.25) is 0 Å². The minimum absolute atomic E-state index is 0. The first-order valence-corrected chi connectivity index (χ1v) is 8.48. The molecule has 0 saturated carbocycles. The van der Waals surface area contributed by atoms with Gasteiger partial charge in [0, 0.05) is 25.9 Å². The summed E-state index contributed by atoms with van der Waals surface area (Å²) in [6, 6.07) is -0.0376. The van der Waals surface area contributed by atoms with E-state index in [1.807, 2.05) is 6.92 Å². The zero-order valence-corrected chi connectivity index (χ0v) is 16.3. The highest BCUT2D eigenvalue weighted by atomic mass is 127. The summed E-state index contributed by atoms with van der Waals surface area (Å²) in [5.74, 6) is 0.0706. The highest BCUT2D eigenvalue weighted by Gasteiger charge is 2.14. The number of nitrogens with one attached hydrogen (secondary N) is 2. The molecule has 7 nitrogen and oxygen atoms in total. The molecule has 0 saturated heterocycles.